The minimum Gasteiger partial charge on any atom is -0.493 e. The average Bonchev–Trinajstić information content (AvgIpc) is 2.59. The number of carbonyl (C=O) groups excluding carboxylic acids is 1. The molecule has 24 heavy (non-hydrogen) atoms. The van der Waals surface area contributed by atoms with Crippen molar-refractivity contribution in [3.63, 3.8) is 0 Å². The van der Waals surface area contributed by atoms with Gasteiger partial charge >= 0.3 is 6.18 Å². The Morgan fingerprint density at radius 2 is 1.96 bits per heavy atom. The Morgan fingerprint density at radius 1 is 1.25 bits per heavy atom. The highest BCUT2D eigenvalue weighted by atomic mass is 19.4. The lowest BCUT2D eigenvalue weighted by molar-refractivity contribution is -0.145. The van der Waals surface area contributed by atoms with Crippen LogP contribution in [0.15, 0.2) is 36.7 Å². The van der Waals surface area contributed by atoms with E-state index in [1.165, 1.54) is 0 Å². The van der Waals surface area contributed by atoms with E-state index in [0.29, 0.717) is 13.2 Å². The summed E-state index contributed by atoms with van der Waals surface area (Å²) >= 11 is 0. The second-order valence-electron chi connectivity index (χ2n) is 5.38. The van der Waals surface area contributed by atoms with Crippen LogP contribution in [-0.4, -0.2) is 29.0 Å². The molecule has 0 bridgehead atoms. The summed E-state index contributed by atoms with van der Waals surface area (Å²) in [6, 6.07) is 7.57. The van der Waals surface area contributed by atoms with E-state index in [1.807, 2.05) is 24.3 Å². The molecular weight excluding hydrogens is 323 g/mol. The summed E-state index contributed by atoms with van der Waals surface area (Å²) in [7, 11) is 0. The highest BCUT2D eigenvalue weighted by molar-refractivity contribution is 5.93. The highest BCUT2D eigenvalue weighted by Gasteiger charge is 2.34. The molecule has 1 amide bonds. The van der Waals surface area contributed by atoms with Crippen LogP contribution >= 0.6 is 0 Å². The van der Waals surface area contributed by atoms with Crippen LogP contribution in [0.4, 0.5) is 13.2 Å². The van der Waals surface area contributed by atoms with Crippen LogP contribution in [0.25, 0.3) is 0 Å². The van der Waals surface area contributed by atoms with Gasteiger partial charge in [-0.05, 0) is 18.1 Å². The van der Waals surface area contributed by atoms with Gasteiger partial charge in [-0.25, -0.2) is 9.97 Å². The number of alkyl halides is 3. The third-order valence-corrected chi connectivity index (χ3v) is 3.76. The van der Waals surface area contributed by atoms with Crippen molar-refractivity contribution in [2.75, 3.05) is 13.2 Å². The van der Waals surface area contributed by atoms with Crippen LogP contribution < -0.4 is 10.1 Å². The standard InChI is InChI=1S/C16H14F3N3O2/c17-16(18,19)15-21-8-11(9-22-15)14(23)20-7-10-5-6-24-13-4-2-1-3-12(10)13/h1-4,8-10H,5-7H2,(H,20,23). The molecule has 1 aliphatic rings. The van der Waals surface area contributed by atoms with E-state index in [-0.39, 0.29) is 11.5 Å². The Kier molecular flexibility index (Phi) is 4.37. The lowest BCUT2D eigenvalue weighted by Crippen LogP contribution is -2.31. The van der Waals surface area contributed by atoms with Crippen molar-refractivity contribution in [2.45, 2.75) is 18.5 Å². The van der Waals surface area contributed by atoms with Crippen LogP contribution in [0, 0.1) is 0 Å². The molecule has 0 aliphatic carbocycles. The summed E-state index contributed by atoms with van der Waals surface area (Å²) in [5.41, 5.74) is 0.996. The number of fused-ring (bicyclic) bond motifs is 1. The lowest BCUT2D eigenvalue weighted by atomic mass is 9.93. The summed E-state index contributed by atoms with van der Waals surface area (Å²) < 4.78 is 42.8. The molecule has 3 rings (SSSR count). The summed E-state index contributed by atoms with van der Waals surface area (Å²) in [4.78, 5) is 18.4. The number of carbonyl (C=O) groups is 1. The number of ether oxygens (including phenoxy) is 1. The number of nitrogens with one attached hydrogen (secondary N) is 1. The van der Waals surface area contributed by atoms with E-state index in [2.05, 4.69) is 15.3 Å². The fourth-order valence-corrected chi connectivity index (χ4v) is 2.54. The van der Waals surface area contributed by atoms with Crippen LogP contribution in [0.3, 0.4) is 0 Å². The van der Waals surface area contributed by atoms with Gasteiger partial charge in [0.1, 0.15) is 5.75 Å². The zero-order valence-electron chi connectivity index (χ0n) is 12.5. The van der Waals surface area contributed by atoms with Gasteiger partial charge < -0.3 is 10.1 Å². The fourth-order valence-electron chi connectivity index (χ4n) is 2.54. The van der Waals surface area contributed by atoms with Crippen molar-refractivity contribution < 1.29 is 22.7 Å². The van der Waals surface area contributed by atoms with Crippen molar-refractivity contribution in [3.8, 4) is 5.75 Å². The molecular formula is C16H14F3N3O2. The van der Waals surface area contributed by atoms with Gasteiger partial charge in [-0.3, -0.25) is 4.79 Å². The molecule has 2 heterocycles. The van der Waals surface area contributed by atoms with Gasteiger partial charge in [-0.1, -0.05) is 18.2 Å². The smallest absolute Gasteiger partial charge is 0.451 e. The largest absolute Gasteiger partial charge is 0.493 e. The van der Waals surface area contributed by atoms with E-state index in [4.69, 9.17) is 4.74 Å². The van der Waals surface area contributed by atoms with Crippen molar-refractivity contribution >= 4 is 5.91 Å². The first-order chi connectivity index (χ1) is 11.4. The van der Waals surface area contributed by atoms with Gasteiger partial charge in [0.2, 0.25) is 5.82 Å². The zero-order valence-corrected chi connectivity index (χ0v) is 12.5. The first-order valence-electron chi connectivity index (χ1n) is 7.34. The molecule has 1 aromatic carbocycles. The first-order valence-corrected chi connectivity index (χ1v) is 7.34. The van der Waals surface area contributed by atoms with Crippen molar-refractivity contribution in [3.05, 3.63) is 53.6 Å². The number of hydrogen-bond donors (Lipinski definition) is 1. The average molecular weight is 337 g/mol. The molecule has 0 spiro atoms. The maximum absolute atomic E-state index is 12.4. The summed E-state index contributed by atoms with van der Waals surface area (Å²) in [5, 5.41) is 2.71. The van der Waals surface area contributed by atoms with E-state index < -0.39 is 17.9 Å². The molecule has 2 aromatic rings. The highest BCUT2D eigenvalue weighted by Crippen LogP contribution is 2.32. The summed E-state index contributed by atoms with van der Waals surface area (Å²) in [5.74, 6) is -0.889. The van der Waals surface area contributed by atoms with E-state index in [9.17, 15) is 18.0 Å². The number of benzene rings is 1. The molecule has 1 unspecified atom stereocenters. The van der Waals surface area contributed by atoms with Gasteiger partial charge in [-0.2, -0.15) is 13.2 Å². The summed E-state index contributed by atoms with van der Waals surface area (Å²) in [6.07, 6.45) is -2.12. The van der Waals surface area contributed by atoms with Gasteiger partial charge in [0.25, 0.3) is 5.91 Å². The molecule has 5 nitrogen and oxygen atoms in total. The Morgan fingerprint density at radius 3 is 2.67 bits per heavy atom. The number of halogens is 3. The molecule has 0 fully saturated rings. The van der Waals surface area contributed by atoms with Crippen LogP contribution in [0.2, 0.25) is 0 Å². The number of hydrogen-bond acceptors (Lipinski definition) is 4. The van der Waals surface area contributed by atoms with Crippen LogP contribution in [0.5, 0.6) is 5.75 Å². The number of nitrogens with zero attached hydrogens (tertiary/aromatic N) is 2. The monoisotopic (exact) mass is 337 g/mol. The summed E-state index contributed by atoms with van der Waals surface area (Å²) in [6.45, 7) is 0.918. The molecule has 126 valence electrons. The first kappa shape index (κ1) is 16.2. The van der Waals surface area contributed by atoms with Crippen molar-refractivity contribution in [1.82, 2.24) is 15.3 Å². The number of amides is 1. The Balaban J connectivity index is 1.64. The second kappa shape index (κ2) is 6.46. The molecule has 0 saturated carbocycles. The number of aromatic nitrogens is 2. The molecule has 8 heteroatoms. The van der Waals surface area contributed by atoms with Crippen molar-refractivity contribution in [1.29, 1.82) is 0 Å². The predicted octanol–water partition coefficient (Wildman–Crippen LogP) is 2.79. The Bertz CT molecular complexity index is 732. The van der Waals surface area contributed by atoms with Gasteiger partial charge in [0.15, 0.2) is 0 Å². The van der Waals surface area contributed by atoms with E-state index >= 15 is 0 Å². The minimum absolute atomic E-state index is 0.0108. The van der Waals surface area contributed by atoms with E-state index in [1.54, 1.807) is 0 Å². The topological polar surface area (TPSA) is 64.1 Å². The molecule has 1 atom stereocenters. The number of rotatable bonds is 3. The normalized spacial score (nSPS) is 16.9. The molecule has 0 radical (unpaired) electrons. The van der Waals surface area contributed by atoms with E-state index in [0.717, 1.165) is 30.1 Å². The molecule has 0 saturated heterocycles. The number of para-hydroxylation sites is 1. The van der Waals surface area contributed by atoms with Gasteiger partial charge in [-0.15, -0.1) is 0 Å². The van der Waals surface area contributed by atoms with Gasteiger partial charge in [0.05, 0.1) is 12.2 Å². The second-order valence-corrected chi connectivity index (χ2v) is 5.38. The molecule has 1 aromatic heterocycles. The Labute approximate surface area is 135 Å². The zero-order chi connectivity index (χ0) is 17.2. The maximum Gasteiger partial charge on any atom is 0.451 e. The van der Waals surface area contributed by atoms with Gasteiger partial charge in [0, 0.05) is 24.9 Å². The third kappa shape index (κ3) is 3.47. The van der Waals surface area contributed by atoms with Crippen LogP contribution in [0.1, 0.15) is 34.1 Å². The maximum atomic E-state index is 12.4. The lowest BCUT2D eigenvalue weighted by Gasteiger charge is -2.26. The predicted molar refractivity (Wildman–Crippen MR) is 78.7 cm³/mol. The quantitative estimate of drug-likeness (QED) is 0.935. The van der Waals surface area contributed by atoms with Crippen molar-refractivity contribution in [2.24, 2.45) is 0 Å². The minimum atomic E-state index is -4.62. The SMILES string of the molecule is O=C(NCC1CCOc2ccccc21)c1cnc(C(F)(F)F)nc1. The fraction of sp³-hybridized carbons (Fsp3) is 0.312. The molecule has 1 N–H and O–H groups in total. The third-order valence-electron chi connectivity index (χ3n) is 3.76. The Hall–Kier alpha value is -2.64. The van der Waals surface area contributed by atoms with Crippen LogP contribution in [-0.2, 0) is 6.18 Å². The molecule has 1 aliphatic heterocycles.